The molecule has 1 fully saturated rings. The van der Waals surface area contributed by atoms with Gasteiger partial charge in [0, 0.05) is 18.7 Å². The zero-order valence-corrected chi connectivity index (χ0v) is 10.6. The van der Waals surface area contributed by atoms with Gasteiger partial charge in [-0.2, -0.15) is 0 Å². The van der Waals surface area contributed by atoms with Gasteiger partial charge in [0.2, 0.25) is 0 Å². The monoisotopic (exact) mass is 257 g/mol. The van der Waals surface area contributed by atoms with Crippen molar-refractivity contribution in [2.75, 3.05) is 18.0 Å². The maximum atomic E-state index is 9.56. The Labute approximate surface area is 105 Å². The molecule has 1 aromatic rings. The number of rotatable bonds is 2. The number of β-amino-alcohol motifs (C(OH)–C–C–N with tert-alkyl or cyclic N) is 2. The molecule has 0 spiro atoms. The van der Waals surface area contributed by atoms with Gasteiger partial charge in [0.15, 0.2) is 0 Å². The van der Waals surface area contributed by atoms with E-state index in [1.54, 1.807) is 0 Å². The van der Waals surface area contributed by atoms with Crippen LogP contribution in [-0.4, -0.2) is 45.5 Å². The minimum Gasteiger partial charge on any atom is -0.389 e. The minimum absolute atomic E-state index is 0.189. The Morgan fingerprint density at radius 2 is 1.88 bits per heavy atom. The summed E-state index contributed by atoms with van der Waals surface area (Å²) in [4.78, 5) is 10.0. The lowest BCUT2D eigenvalue weighted by atomic mass is 10.1. The molecular weight excluding hydrogens is 242 g/mol. The molecule has 0 aliphatic carbocycles. The lowest BCUT2D eigenvalue weighted by Crippen LogP contribution is -2.24. The number of aromatic nitrogens is 2. The molecule has 0 aromatic carbocycles. The quantitative estimate of drug-likeness (QED) is 0.767. The minimum atomic E-state index is -0.733. The number of nitrogens with zero attached hydrogens (tertiary/aromatic N) is 3. The zero-order chi connectivity index (χ0) is 12.6. The topological polar surface area (TPSA) is 69.5 Å². The van der Waals surface area contributed by atoms with Crippen LogP contribution in [0.3, 0.4) is 0 Å². The molecule has 0 bridgehead atoms. The van der Waals surface area contributed by atoms with E-state index in [0.717, 1.165) is 5.56 Å². The third-order valence-corrected chi connectivity index (χ3v) is 3.25. The molecule has 2 unspecified atom stereocenters. The molecule has 0 saturated carbocycles. The molecule has 1 aliphatic rings. The molecule has 0 radical (unpaired) electrons. The average molecular weight is 258 g/mol. The Kier molecular flexibility index (Phi) is 3.51. The van der Waals surface area contributed by atoms with Crippen LogP contribution in [0.4, 0.5) is 5.82 Å². The van der Waals surface area contributed by atoms with Gasteiger partial charge in [-0.25, -0.2) is 9.97 Å². The molecule has 94 valence electrons. The summed E-state index contributed by atoms with van der Waals surface area (Å²) in [5.74, 6) is 0.893. The van der Waals surface area contributed by atoms with Crippen LogP contribution in [0.5, 0.6) is 0 Å². The van der Waals surface area contributed by atoms with Gasteiger partial charge in [0.05, 0.1) is 12.2 Å². The lowest BCUT2D eigenvalue weighted by Gasteiger charge is -2.21. The van der Waals surface area contributed by atoms with Crippen molar-refractivity contribution < 1.29 is 10.2 Å². The van der Waals surface area contributed by atoms with E-state index < -0.39 is 12.2 Å². The predicted octanol–water partition coefficient (Wildman–Crippen LogP) is 0.795. The number of halogens is 1. The number of hydrogen-bond acceptors (Lipinski definition) is 5. The van der Waals surface area contributed by atoms with Gasteiger partial charge in [-0.1, -0.05) is 25.4 Å². The number of aliphatic hydroxyl groups is 2. The van der Waals surface area contributed by atoms with Crippen LogP contribution >= 0.6 is 11.6 Å². The maximum absolute atomic E-state index is 9.56. The van der Waals surface area contributed by atoms with Crippen LogP contribution in [0, 0.1) is 0 Å². The maximum Gasteiger partial charge on any atom is 0.138 e. The molecule has 17 heavy (non-hydrogen) atoms. The van der Waals surface area contributed by atoms with Gasteiger partial charge >= 0.3 is 0 Å². The molecule has 6 heteroatoms. The van der Waals surface area contributed by atoms with Crippen LogP contribution in [0.1, 0.15) is 25.3 Å². The van der Waals surface area contributed by atoms with E-state index in [9.17, 15) is 10.2 Å². The van der Waals surface area contributed by atoms with Crippen molar-refractivity contribution in [2.45, 2.75) is 32.0 Å². The van der Waals surface area contributed by atoms with E-state index in [0.29, 0.717) is 24.1 Å². The lowest BCUT2D eigenvalue weighted by molar-refractivity contribution is 0.0572. The zero-order valence-electron chi connectivity index (χ0n) is 9.84. The van der Waals surface area contributed by atoms with Crippen molar-refractivity contribution in [3.05, 3.63) is 17.0 Å². The molecular formula is C11H16ClN3O2. The Balaban J connectivity index is 2.36. The summed E-state index contributed by atoms with van der Waals surface area (Å²) in [6, 6.07) is 0. The second-order valence-electron chi connectivity index (χ2n) is 4.60. The smallest absolute Gasteiger partial charge is 0.138 e. The first-order valence-corrected chi connectivity index (χ1v) is 6.00. The van der Waals surface area contributed by atoms with E-state index in [4.69, 9.17) is 11.6 Å². The highest BCUT2D eigenvalue weighted by molar-refractivity contribution is 6.30. The number of hydrogen-bond donors (Lipinski definition) is 2. The SMILES string of the molecule is CC(C)c1c(Cl)ncnc1N1CC(O)C(O)C1. The summed E-state index contributed by atoms with van der Waals surface area (Å²) in [6.07, 6.45) is -0.0619. The highest BCUT2D eigenvalue weighted by Crippen LogP contribution is 2.32. The molecule has 2 heterocycles. The van der Waals surface area contributed by atoms with E-state index in [1.165, 1.54) is 6.33 Å². The molecule has 5 nitrogen and oxygen atoms in total. The van der Waals surface area contributed by atoms with E-state index >= 15 is 0 Å². The first kappa shape index (κ1) is 12.5. The fourth-order valence-corrected chi connectivity index (χ4v) is 2.40. The van der Waals surface area contributed by atoms with Gasteiger partial charge in [-0.15, -0.1) is 0 Å². The van der Waals surface area contributed by atoms with Crippen molar-refractivity contribution in [1.82, 2.24) is 9.97 Å². The first-order chi connectivity index (χ1) is 8.00. The van der Waals surface area contributed by atoms with Crippen LogP contribution in [0.15, 0.2) is 6.33 Å². The molecule has 2 rings (SSSR count). The van der Waals surface area contributed by atoms with Gasteiger partial charge in [0.25, 0.3) is 0 Å². The summed E-state index contributed by atoms with van der Waals surface area (Å²) < 4.78 is 0. The Hall–Kier alpha value is -0.910. The highest BCUT2D eigenvalue weighted by atomic mass is 35.5. The van der Waals surface area contributed by atoms with Crippen LogP contribution in [0.2, 0.25) is 5.15 Å². The standard InChI is InChI=1S/C11H16ClN3O2/c1-6(2)9-10(12)13-5-14-11(9)15-3-7(16)8(17)4-15/h5-8,16-17H,3-4H2,1-2H3. The van der Waals surface area contributed by atoms with Crippen molar-refractivity contribution in [3.63, 3.8) is 0 Å². The summed E-state index contributed by atoms with van der Waals surface area (Å²) in [5, 5.41) is 19.6. The normalized spacial score (nSPS) is 24.7. The van der Waals surface area contributed by atoms with E-state index in [2.05, 4.69) is 9.97 Å². The summed E-state index contributed by atoms with van der Waals surface area (Å²) >= 11 is 6.07. The molecule has 1 aliphatic heterocycles. The van der Waals surface area contributed by atoms with Crippen molar-refractivity contribution >= 4 is 17.4 Å². The average Bonchev–Trinajstić information content (AvgIpc) is 2.58. The third kappa shape index (κ3) is 2.36. The second-order valence-corrected chi connectivity index (χ2v) is 4.95. The number of anilines is 1. The largest absolute Gasteiger partial charge is 0.389 e. The summed E-state index contributed by atoms with van der Waals surface area (Å²) in [6.45, 7) is 4.76. The molecule has 2 N–H and O–H groups in total. The third-order valence-electron chi connectivity index (χ3n) is 2.95. The van der Waals surface area contributed by atoms with Crippen LogP contribution in [0.25, 0.3) is 0 Å². The summed E-state index contributed by atoms with van der Waals surface area (Å²) in [5.41, 5.74) is 0.857. The second kappa shape index (κ2) is 4.76. The first-order valence-electron chi connectivity index (χ1n) is 5.62. The van der Waals surface area contributed by atoms with Crippen LogP contribution < -0.4 is 4.90 Å². The Morgan fingerprint density at radius 1 is 1.29 bits per heavy atom. The fraction of sp³-hybridized carbons (Fsp3) is 0.636. The fourth-order valence-electron chi connectivity index (χ4n) is 2.06. The molecule has 1 aromatic heterocycles. The molecule has 1 saturated heterocycles. The van der Waals surface area contributed by atoms with Crippen molar-refractivity contribution in [2.24, 2.45) is 0 Å². The number of aliphatic hydroxyl groups excluding tert-OH is 2. The molecule has 2 atom stereocenters. The summed E-state index contributed by atoms with van der Waals surface area (Å²) in [7, 11) is 0. The van der Waals surface area contributed by atoms with E-state index in [1.807, 2.05) is 18.7 Å². The van der Waals surface area contributed by atoms with Gasteiger partial charge in [0.1, 0.15) is 17.3 Å². The van der Waals surface area contributed by atoms with Gasteiger partial charge < -0.3 is 15.1 Å². The van der Waals surface area contributed by atoms with Crippen molar-refractivity contribution in [1.29, 1.82) is 0 Å². The Morgan fingerprint density at radius 3 is 2.41 bits per heavy atom. The van der Waals surface area contributed by atoms with Crippen molar-refractivity contribution in [3.8, 4) is 0 Å². The molecule has 0 amide bonds. The van der Waals surface area contributed by atoms with Crippen LogP contribution in [-0.2, 0) is 0 Å². The van der Waals surface area contributed by atoms with E-state index in [-0.39, 0.29) is 5.92 Å². The Bertz CT molecular complexity index is 404. The van der Waals surface area contributed by atoms with Gasteiger partial charge in [-0.3, -0.25) is 0 Å². The highest BCUT2D eigenvalue weighted by Gasteiger charge is 2.32. The predicted molar refractivity (Wildman–Crippen MR) is 65.4 cm³/mol. The van der Waals surface area contributed by atoms with Gasteiger partial charge in [-0.05, 0) is 5.92 Å².